The molecule has 0 aliphatic carbocycles. The fourth-order valence-electron chi connectivity index (χ4n) is 6.31. The first-order valence-corrected chi connectivity index (χ1v) is 23.1. The summed E-state index contributed by atoms with van der Waals surface area (Å²) in [6.45, 7) is 4.41. The van der Waals surface area contributed by atoms with Gasteiger partial charge < -0.3 is 10.4 Å². The molecule has 0 saturated heterocycles. The standard InChI is InChI=1S/C45H81NO5S/c1-3-5-7-9-11-13-15-17-19-21-22-23-25-26-28-30-32-34-36-38-40-44(47)43(42-52(49,50)51)46-45(48)41-39-37-35-33-31-29-27-24-20-18-16-14-12-10-8-6-4-2/h6,8,12,14,18,20,27,29,33,35,43-44,47H,3-5,7,9-11,13,15-17,19,21-26,28,30-32,34,36-42H2,1-2H3,(H,46,48)(H,49,50,51)/b8-6-,14-12-,20-18-,29-27-,35-33-. The van der Waals surface area contributed by atoms with E-state index in [1.54, 1.807) is 0 Å². The molecular weight excluding hydrogens is 667 g/mol. The third-order valence-corrected chi connectivity index (χ3v) is 10.3. The minimum absolute atomic E-state index is 0.238. The summed E-state index contributed by atoms with van der Waals surface area (Å²) in [7, 11) is -4.33. The maximum absolute atomic E-state index is 12.5. The van der Waals surface area contributed by atoms with E-state index < -0.39 is 28.0 Å². The Morgan fingerprint density at radius 2 is 0.904 bits per heavy atom. The van der Waals surface area contributed by atoms with Gasteiger partial charge in [0.15, 0.2) is 0 Å². The number of hydrogen-bond acceptors (Lipinski definition) is 4. The molecule has 0 aliphatic rings. The second-order valence-electron chi connectivity index (χ2n) is 14.6. The summed E-state index contributed by atoms with van der Waals surface area (Å²) < 4.78 is 32.6. The zero-order chi connectivity index (χ0) is 38.2. The highest BCUT2D eigenvalue weighted by Gasteiger charge is 2.26. The van der Waals surface area contributed by atoms with E-state index in [4.69, 9.17) is 0 Å². The predicted molar refractivity (Wildman–Crippen MR) is 225 cm³/mol. The third-order valence-electron chi connectivity index (χ3n) is 9.49. The summed E-state index contributed by atoms with van der Waals surface area (Å²) in [5.74, 6) is -0.975. The van der Waals surface area contributed by atoms with Crippen LogP contribution in [0.25, 0.3) is 0 Å². The first-order valence-electron chi connectivity index (χ1n) is 21.5. The van der Waals surface area contributed by atoms with Crippen molar-refractivity contribution in [2.75, 3.05) is 5.75 Å². The molecule has 1 amide bonds. The molecule has 0 bridgehead atoms. The Morgan fingerprint density at radius 3 is 1.29 bits per heavy atom. The highest BCUT2D eigenvalue weighted by Crippen LogP contribution is 2.16. The summed E-state index contributed by atoms with van der Waals surface area (Å²) in [5, 5.41) is 13.3. The Labute approximate surface area is 321 Å². The van der Waals surface area contributed by atoms with E-state index in [1.165, 1.54) is 109 Å². The van der Waals surface area contributed by atoms with Gasteiger partial charge in [-0.15, -0.1) is 0 Å². The molecule has 2 atom stereocenters. The van der Waals surface area contributed by atoms with Gasteiger partial charge >= 0.3 is 0 Å². The molecule has 3 N–H and O–H groups in total. The van der Waals surface area contributed by atoms with Crippen molar-refractivity contribution in [2.24, 2.45) is 0 Å². The van der Waals surface area contributed by atoms with Gasteiger partial charge in [0.05, 0.1) is 17.9 Å². The van der Waals surface area contributed by atoms with Crippen molar-refractivity contribution >= 4 is 16.0 Å². The van der Waals surface area contributed by atoms with Crippen LogP contribution < -0.4 is 5.32 Å². The van der Waals surface area contributed by atoms with E-state index in [1.807, 2.05) is 0 Å². The molecule has 0 aliphatic heterocycles. The molecule has 302 valence electrons. The number of carbonyl (C=O) groups excluding carboxylic acids is 1. The number of rotatable bonds is 38. The van der Waals surface area contributed by atoms with Crippen LogP contribution in [0.1, 0.15) is 200 Å². The molecule has 0 spiro atoms. The van der Waals surface area contributed by atoms with Crippen LogP contribution in [0.15, 0.2) is 60.8 Å². The topological polar surface area (TPSA) is 104 Å². The normalized spacial score (nSPS) is 13.8. The van der Waals surface area contributed by atoms with Crippen molar-refractivity contribution in [1.29, 1.82) is 0 Å². The van der Waals surface area contributed by atoms with Crippen LogP contribution in [0.5, 0.6) is 0 Å². The molecule has 6 nitrogen and oxygen atoms in total. The molecule has 0 aromatic carbocycles. The maximum Gasteiger partial charge on any atom is 0.266 e. The van der Waals surface area contributed by atoms with Crippen molar-refractivity contribution in [3.63, 3.8) is 0 Å². The van der Waals surface area contributed by atoms with Crippen LogP contribution in [0.4, 0.5) is 0 Å². The van der Waals surface area contributed by atoms with Gasteiger partial charge in [-0.25, -0.2) is 0 Å². The fourth-order valence-corrected chi connectivity index (χ4v) is 7.07. The second kappa shape index (κ2) is 38.8. The van der Waals surface area contributed by atoms with Crippen LogP contribution in [0.3, 0.4) is 0 Å². The summed E-state index contributed by atoms with van der Waals surface area (Å²) in [4.78, 5) is 12.5. The summed E-state index contributed by atoms with van der Waals surface area (Å²) in [6.07, 6.45) is 53.2. The molecule has 0 heterocycles. The predicted octanol–water partition coefficient (Wildman–Crippen LogP) is 12.9. The Hall–Kier alpha value is -1.96. The SMILES string of the molecule is CC/C=C\C/C=C\C/C=C\C/C=C\C/C=C\CCCC(=O)NC(CS(=O)(=O)O)C(O)CCCCCCCCCCCCCCCCCCCCCC. The van der Waals surface area contributed by atoms with Crippen molar-refractivity contribution < 1.29 is 22.9 Å². The highest BCUT2D eigenvalue weighted by molar-refractivity contribution is 7.85. The van der Waals surface area contributed by atoms with E-state index >= 15 is 0 Å². The van der Waals surface area contributed by atoms with Crippen LogP contribution in [-0.4, -0.2) is 41.9 Å². The lowest BCUT2D eigenvalue weighted by Crippen LogP contribution is -2.47. The van der Waals surface area contributed by atoms with Crippen LogP contribution in [-0.2, 0) is 14.9 Å². The maximum atomic E-state index is 12.5. The Balaban J connectivity index is 3.93. The minimum Gasteiger partial charge on any atom is -0.391 e. The Bertz CT molecular complexity index is 1050. The molecule has 2 unspecified atom stereocenters. The quantitative estimate of drug-likeness (QED) is 0.0331. The van der Waals surface area contributed by atoms with Crippen molar-refractivity contribution in [1.82, 2.24) is 5.32 Å². The number of carbonyl (C=O) groups is 1. The zero-order valence-corrected chi connectivity index (χ0v) is 34.5. The first-order chi connectivity index (χ1) is 25.3. The van der Waals surface area contributed by atoms with E-state index in [9.17, 15) is 22.9 Å². The van der Waals surface area contributed by atoms with Crippen LogP contribution >= 0.6 is 0 Å². The minimum atomic E-state index is -4.33. The van der Waals surface area contributed by atoms with Gasteiger partial charge in [0, 0.05) is 6.42 Å². The lowest BCUT2D eigenvalue weighted by atomic mass is 10.0. The van der Waals surface area contributed by atoms with E-state index in [-0.39, 0.29) is 12.3 Å². The lowest BCUT2D eigenvalue weighted by Gasteiger charge is -2.23. The van der Waals surface area contributed by atoms with Gasteiger partial charge in [-0.05, 0) is 51.4 Å². The Morgan fingerprint density at radius 1 is 0.538 bits per heavy atom. The molecule has 0 saturated carbocycles. The molecule has 7 heteroatoms. The van der Waals surface area contributed by atoms with Crippen LogP contribution in [0, 0.1) is 0 Å². The fraction of sp³-hybridized carbons (Fsp3) is 0.756. The molecule has 52 heavy (non-hydrogen) atoms. The van der Waals surface area contributed by atoms with E-state index in [0.29, 0.717) is 12.8 Å². The van der Waals surface area contributed by atoms with Gasteiger partial charge in [-0.3, -0.25) is 9.35 Å². The van der Waals surface area contributed by atoms with Gasteiger partial charge in [-0.1, -0.05) is 203 Å². The summed E-state index contributed by atoms with van der Waals surface area (Å²) in [6, 6.07) is -1.00. The smallest absolute Gasteiger partial charge is 0.266 e. The average Bonchev–Trinajstić information content (AvgIpc) is 3.11. The van der Waals surface area contributed by atoms with Crippen LogP contribution in [0.2, 0.25) is 0 Å². The largest absolute Gasteiger partial charge is 0.391 e. The highest BCUT2D eigenvalue weighted by atomic mass is 32.2. The summed E-state index contributed by atoms with van der Waals surface area (Å²) >= 11 is 0. The number of hydrogen-bond donors (Lipinski definition) is 3. The molecule has 0 fully saturated rings. The zero-order valence-electron chi connectivity index (χ0n) is 33.7. The number of aliphatic hydroxyl groups excluding tert-OH is 1. The molecule has 0 radical (unpaired) electrons. The van der Waals surface area contributed by atoms with Crippen molar-refractivity contribution in [3.8, 4) is 0 Å². The number of amides is 1. The molecule has 0 rings (SSSR count). The Kier molecular flexibility index (Phi) is 37.3. The average molecular weight is 748 g/mol. The van der Waals surface area contributed by atoms with Gasteiger partial charge in [0.1, 0.15) is 0 Å². The van der Waals surface area contributed by atoms with Crippen molar-refractivity contribution in [2.45, 2.75) is 212 Å². The molecule has 0 aromatic rings. The number of allylic oxidation sites excluding steroid dienone is 10. The van der Waals surface area contributed by atoms with Gasteiger partial charge in [0.2, 0.25) is 5.91 Å². The number of aliphatic hydroxyl groups is 1. The summed E-state index contributed by atoms with van der Waals surface area (Å²) in [5.41, 5.74) is 0. The van der Waals surface area contributed by atoms with Gasteiger partial charge in [0.25, 0.3) is 10.1 Å². The van der Waals surface area contributed by atoms with E-state index in [2.05, 4.69) is 79.9 Å². The van der Waals surface area contributed by atoms with Crippen molar-refractivity contribution in [3.05, 3.63) is 60.8 Å². The second-order valence-corrected chi connectivity index (χ2v) is 16.1. The monoisotopic (exact) mass is 748 g/mol. The lowest BCUT2D eigenvalue weighted by molar-refractivity contribution is -0.122. The number of unbranched alkanes of at least 4 members (excludes halogenated alkanes) is 20. The molecular formula is C45H81NO5S. The first kappa shape index (κ1) is 50.0. The molecule has 0 aromatic heterocycles. The van der Waals surface area contributed by atoms with E-state index in [0.717, 1.165) is 57.8 Å². The number of nitrogens with one attached hydrogen (secondary N) is 1. The van der Waals surface area contributed by atoms with Gasteiger partial charge in [-0.2, -0.15) is 8.42 Å². The third kappa shape index (κ3) is 39.3.